The predicted octanol–water partition coefficient (Wildman–Crippen LogP) is 2.68. The second-order valence-electron chi connectivity index (χ2n) is 4.31. The summed E-state index contributed by atoms with van der Waals surface area (Å²) in [7, 11) is 0. The van der Waals surface area contributed by atoms with Crippen molar-refractivity contribution in [1.82, 2.24) is 10.2 Å². The lowest BCUT2D eigenvalue weighted by Crippen LogP contribution is -2.40. The third-order valence-corrected chi connectivity index (χ3v) is 3.23. The summed E-state index contributed by atoms with van der Waals surface area (Å²) in [6.07, 6.45) is -0.770. The first kappa shape index (κ1) is 17.6. The van der Waals surface area contributed by atoms with E-state index in [-0.39, 0.29) is 25.5 Å². The Hall–Kier alpha value is -1.47. The van der Waals surface area contributed by atoms with E-state index in [2.05, 4.69) is 26.0 Å². The predicted molar refractivity (Wildman–Crippen MR) is 80.2 cm³/mol. The third kappa shape index (κ3) is 6.22. The van der Waals surface area contributed by atoms with Crippen molar-refractivity contribution in [3.8, 4) is 0 Å². The molecule has 0 unspecified atom stereocenters. The van der Waals surface area contributed by atoms with Crippen LogP contribution in [0.2, 0.25) is 0 Å². The van der Waals surface area contributed by atoms with Gasteiger partial charge >= 0.3 is 6.09 Å². The lowest BCUT2D eigenvalue weighted by atomic mass is 10.2. The molecule has 21 heavy (non-hydrogen) atoms. The molecule has 0 bridgehead atoms. The Morgan fingerprint density at radius 1 is 1.38 bits per heavy atom. The van der Waals surface area contributed by atoms with Crippen LogP contribution >= 0.6 is 15.9 Å². The van der Waals surface area contributed by atoms with Crippen LogP contribution in [-0.2, 0) is 16.1 Å². The molecule has 0 aromatic heterocycles. The topological polar surface area (TPSA) is 58.6 Å². The fourth-order valence-corrected chi connectivity index (χ4v) is 2.03. The van der Waals surface area contributed by atoms with E-state index < -0.39 is 12.0 Å². The number of nitrogens with zero attached hydrogens (tertiary/aromatic N) is 1. The Morgan fingerprint density at radius 2 is 2.10 bits per heavy atom. The maximum atomic E-state index is 13.8. The van der Waals surface area contributed by atoms with Crippen LogP contribution in [0.4, 0.5) is 9.18 Å². The van der Waals surface area contributed by atoms with Gasteiger partial charge in [-0.2, -0.15) is 0 Å². The maximum absolute atomic E-state index is 13.8. The second-order valence-corrected chi connectivity index (χ2v) is 5.22. The summed E-state index contributed by atoms with van der Waals surface area (Å²) >= 11 is 3.19. The van der Waals surface area contributed by atoms with Gasteiger partial charge in [0.2, 0.25) is 5.91 Å². The van der Waals surface area contributed by atoms with Crippen LogP contribution < -0.4 is 5.32 Å². The van der Waals surface area contributed by atoms with Gasteiger partial charge in [-0.05, 0) is 25.6 Å². The number of ether oxygens (including phenoxy) is 1. The minimum atomic E-state index is -0.770. The van der Waals surface area contributed by atoms with E-state index in [0.29, 0.717) is 16.6 Å². The summed E-state index contributed by atoms with van der Waals surface area (Å²) in [6.45, 7) is 4.52. The summed E-state index contributed by atoms with van der Waals surface area (Å²) in [4.78, 5) is 24.5. The Labute approximate surface area is 131 Å². The smallest absolute Gasteiger partial charge is 0.413 e. The molecule has 0 saturated heterocycles. The van der Waals surface area contributed by atoms with E-state index in [0.717, 1.165) is 0 Å². The van der Waals surface area contributed by atoms with E-state index in [1.165, 1.54) is 6.07 Å². The molecule has 7 heteroatoms. The molecule has 0 spiro atoms. The molecule has 0 fully saturated rings. The fourth-order valence-electron chi connectivity index (χ4n) is 1.69. The van der Waals surface area contributed by atoms with Crippen molar-refractivity contribution < 1.29 is 18.7 Å². The van der Waals surface area contributed by atoms with E-state index in [1.807, 2.05) is 6.92 Å². The molecule has 0 atom stereocenters. The van der Waals surface area contributed by atoms with Crippen LogP contribution in [0.25, 0.3) is 0 Å². The van der Waals surface area contributed by atoms with Crippen molar-refractivity contribution in [2.45, 2.75) is 20.4 Å². The number of hydrogen-bond acceptors (Lipinski definition) is 4. The van der Waals surface area contributed by atoms with Crippen molar-refractivity contribution in [2.75, 3.05) is 19.7 Å². The van der Waals surface area contributed by atoms with E-state index in [1.54, 1.807) is 24.0 Å². The number of benzene rings is 1. The van der Waals surface area contributed by atoms with Gasteiger partial charge in [0.05, 0.1) is 13.2 Å². The van der Waals surface area contributed by atoms with Crippen molar-refractivity contribution in [1.29, 1.82) is 0 Å². The van der Waals surface area contributed by atoms with Gasteiger partial charge in [0.15, 0.2) is 0 Å². The zero-order valence-electron chi connectivity index (χ0n) is 12.0. The number of carbonyl (C=O) groups excluding carboxylic acids is 2. The Morgan fingerprint density at radius 3 is 2.67 bits per heavy atom. The monoisotopic (exact) mass is 360 g/mol. The SMILES string of the molecule is CCOC(=O)NC(=O)CN(CC)Cc1ccc(Br)cc1F. The summed E-state index contributed by atoms with van der Waals surface area (Å²) < 4.78 is 19.0. The zero-order valence-corrected chi connectivity index (χ0v) is 13.6. The molecule has 1 aromatic carbocycles. The van der Waals surface area contributed by atoms with Crippen molar-refractivity contribution in [3.05, 3.63) is 34.1 Å². The molecule has 0 heterocycles. The van der Waals surface area contributed by atoms with E-state index >= 15 is 0 Å². The molecule has 0 aliphatic heterocycles. The number of halogens is 2. The summed E-state index contributed by atoms with van der Waals surface area (Å²) in [5.74, 6) is -0.818. The third-order valence-electron chi connectivity index (χ3n) is 2.74. The molecule has 0 aliphatic rings. The molecule has 0 aliphatic carbocycles. The van der Waals surface area contributed by atoms with E-state index in [4.69, 9.17) is 0 Å². The van der Waals surface area contributed by atoms with Crippen molar-refractivity contribution in [3.63, 3.8) is 0 Å². The van der Waals surface area contributed by atoms with Crippen LogP contribution in [-0.4, -0.2) is 36.6 Å². The first-order chi connectivity index (χ1) is 9.96. The molecule has 0 radical (unpaired) electrons. The highest BCUT2D eigenvalue weighted by Gasteiger charge is 2.14. The normalized spacial score (nSPS) is 10.5. The Balaban J connectivity index is 2.58. The highest BCUT2D eigenvalue weighted by molar-refractivity contribution is 9.10. The van der Waals surface area contributed by atoms with Crippen molar-refractivity contribution in [2.24, 2.45) is 0 Å². The van der Waals surface area contributed by atoms with Gasteiger partial charge in [0.1, 0.15) is 5.82 Å². The first-order valence-corrected chi connectivity index (χ1v) is 7.38. The number of nitrogens with one attached hydrogen (secondary N) is 1. The average Bonchev–Trinajstić information content (AvgIpc) is 2.40. The number of likely N-dealkylation sites (N-methyl/N-ethyl adjacent to an activating group) is 1. The minimum Gasteiger partial charge on any atom is -0.450 e. The fraction of sp³-hybridized carbons (Fsp3) is 0.429. The summed E-state index contributed by atoms with van der Waals surface area (Å²) in [5.41, 5.74) is 0.490. The van der Waals surface area contributed by atoms with Gasteiger partial charge in [-0.15, -0.1) is 0 Å². The molecule has 116 valence electrons. The molecule has 0 saturated carbocycles. The Bertz CT molecular complexity index is 511. The second kappa shape index (κ2) is 8.74. The standard InChI is InChI=1S/C14H18BrFN2O3/c1-3-18(9-13(19)17-14(20)21-4-2)8-10-5-6-11(15)7-12(10)16/h5-7H,3-4,8-9H2,1-2H3,(H,17,19,20). The zero-order chi connectivity index (χ0) is 15.8. The number of alkyl carbamates (subject to hydrolysis) is 1. The molecule has 1 aromatic rings. The van der Waals surface area contributed by atoms with Gasteiger partial charge in [0, 0.05) is 16.6 Å². The van der Waals surface area contributed by atoms with Gasteiger partial charge < -0.3 is 4.74 Å². The van der Waals surface area contributed by atoms with Crippen LogP contribution in [0.15, 0.2) is 22.7 Å². The minimum absolute atomic E-state index is 0.00911. The highest BCUT2D eigenvalue weighted by Crippen LogP contribution is 2.16. The maximum Gasteiger partial charge on any atom is 0.413 e. The van der Waals surface area contributed by atoms with Crippen LogP contribution in [0.3, 0.4) is 0 Å². The number of carbonyl (C=O) groups is 2. The van der Waals surface area contributed by atoms with E-state index in [9.17, 15) is 14.0 Å². The molecule has 1 N–H and O–H groups in total. The largest absolute Gasteiger partial charge is 0.450 e. The quantitative estimate of drug-likeness (QED) is 0.847. The number of rotatable bonds is 6. The number of imide groups is 1. The Kier molecular flexibility index (Phi) is 7.31. The lowest BCUT2D eigenvalue weighted by Gasteiger charge is -2.20. The molecule has 5 nitrogen and oxygen atoms in total. The molecular formula is C14H18BrFN2O3. The molecule has 1 rings (SSSR count). The van der Waals surface area contributed by atoms with Crippen LogP contribution in [0.1, 0.15) is 19.4 Å². The van der Waals surface area contributed by atoms with Gasteiger partial charge in [-0.3, -0.25) is 15.0 Å². The summed E-state index contributed by atoms with van der Waals surface area (Å²) in [5, 5.41) is 2.11. The van der Waals surface area contributed by atoms with Gasteiger partial charge in [0.25, 0.3) is 0 Å². The van der Waals surface area contributed by atoms with Crippen LogP contribution in [0, 0.1) is 5.82 Å². The summed E-state index contributed by atoms with van der Waals surface area (Å²) in [6, 6.07) is 4.78. The molecule has 2 amide bonds. The first-order valence-electron chi connectivity index (χ1n) is 6.59. The average molecular weight is 361 g/mol. The van der Waals surface area contributed by atoms with Crippen molar-refractivity contribution >= 4 is 27.9 Å². The lowest BCUT2D eigenvalue weighted by molar-refractivity contribution is -0.121. The van der Waals surface area contributed by atoms with Gasteiger partial charge in [-0.25, -0.2) is 9.18 Å². The van der Waals surface area contributed by atoms with Gasteiger partial charge in [-0.1, -0.05) is 28.9 Å². The highest BCUT2D eigenvalue weighted by atomic mass is 79.9. The number of amides is 2. The van der Waals surface area contributed by atoms with Crippen LogP contribution in [0.5, 0.6) is 0 Å². The molecular weight excluding hydrogens is 343 g/mol. The number of hydrogen-bond donors (Lipinski definition) is 1.